The zero-order valence-corrected chi connectivity index (χ0v) is 35.9. The lowest BCUT2D eigenvalue weighted by atomic mass is 9.59. The van der Waals surface area contributed by atoms with Crippen LogP contribution in [0.5, 0.6) is 11.5 Å². The lowest BCUT2D eigenvalue weighted by Gasteiger charge is -2.56. The van der Waals surface area contributed by atoms with Crippen LogP contribution < -0.4 is 25.4 Å². The van der Waals surface area contributed by atoms with Crippen LogP contribution in [0.25, 0.3) is 11.0 Å². The number of carbonyl (C=O) groups excluding carboxylic acids is 1. The van der Waals surface area contributed by atoms with Gasteiger partial charge in [0.1, 0.15) is 22.0 Å². The van der Waals surface area contributed by atoms with Crippen LogP contribution in [0.4, 0.5) is 17.2 Å². The van der Waals surface area contributed by atoms with Gasteiger partial charge in [0.15, 0.2) is 0 Å². The van der Waals surface area contributed by atoms with Gasteiger partial charge in [0.05, 0.1) is 22.9 Å². The molecular formula is C46H55N9O6S. The molecule has 3 aromatic heterocycles. The summed E-state index contributed by atoms with van der Waals surface area (Å²) >= 11 is 0. The number of sulfonamides is 1. The molecule has 1 spiro atoms. The number of fused-ring (bicyclic) bond motifs is 1. The van der Waals surface area contributed by atoms with Gasteiger partial charge in [0.2, 0.25) is 5.82 Å². The van der Waals surface area contributed by atoms with Crippen molar-refractivity contribution >= 4 is 44.2 Å². The molecule has 9 rings (SSSR count). The molecule has 62 heavy (non-hydrogen) atoms. The van der Waals surface area contributed by atoms with Gasteiger partial charge in [-0.3, -0.25) is 19.8 Å². The largest absolute Gasteiger partial charge is 0.455 e. The van der Waals surface area contributed by atoms with Gasteiger partial charge in [-0.1, -0.05) is 31.2 Å². The molecule has 5 aromatic rings. The van der Waals surface area contributed by atoms with E-state index in [1.54, 1.807) is 24.4 Å². The predicted octanol–water partition coefficient (Wildman–Crippen LogP) is 7.86. The first-order valence-electron chi connectivity index (χ1n) is 22.0. The first-order chi connectivity index (χ1) is 30.0. The summed E-state index contributed by atoms with van der Waals surface area (Å²) in [7, 11) is -4.60. The monoisotopic (exact) mass is 861 g/mol. The molecule has 5 heterocycles. The number of carbonyl (C=O) groups is 1. The number of amides is 1. The Balaban J connectivity index is 0.900. The normalized spacial score (nSPS) is 21.8. The zero-order valence-electron chi connectivity index (χ0n) is 35.1. The minimum atomic E-state index is -4.60. The molecule has 5 N–H and O–H groups in total. The van der Waals surface area contributed by atoms with Crippen molar-refractivity contribution in [1.82, 2.24) is 24.6 Å². The molecule has 0 radical (unpaired) electrons. The van der Waals surface area contributed by atoms with Gasteiger partial charge in [-0.25, -0.2) is 23.1 Å². The predicted molar refractivity (Wildman–Crippen MR) is 238 cm³/mol. The lowest BCUT2D eigenvalue weighted by molar-refractivity contribution is -0.384. The molecule has 0 unspecified atom stereocenters. The average Bonchev–Trinajstić information content (AvgIpc) is 3.95. The van der Waals surface area contributed by atoms with Crippen molar-refractivity contribution in [3.05, 3.63) is 106 Å². The highest BCUT2D eigenvalue weighted by molar-refractivity contribution is 7.90. The fourth-order valence-electron chi connectivity index (χ4n) is 10.4. The van der Waals surface area contributed by atoms with Crippen LogP contribution in [0.1, 0.15) is 98.7 Å². The molecular weight excluding hydrogens is 807 g/mol. The van der Waals surface area contributed by atoms with Gasteiger partial charge in [0.25, 0.3) is 15.9 Å². The van der Waals surface area contributed by atoms with Gasteiger partial charge in [-0.05, 0) is 124 Å². The van der Waals surface area contributed by atoms with E-state index in [0.29, 0.717) is 35.4 Å². The van der Waals surface area contributed by atoms with Crippen molar-refractivity contribution in [2.75, 3.05) is 36.4 Å². The third-order valence-corrected chi connectivity index (χ3v) is 15.2. The summed E-state index contributed by atoms with van der Waals surface area (Å²) in [6.07, 6.45) is 15.9. The van der Waals surface area contributed by atoms with Crippen LogP contribution in [-0.4, -0.2) is 77.4 Å². The molecule has 1 amide bonds. The number of nitrogens with zero attached hydrogens (tertiary/aromatic N) is 5. The summed E-state index contributed by atoms with van der Waals surface area (Å²) in [5, 5.41) is 15.9. The van der Waals surface area contributed by atoms with E-state index in [4.69, 9.17) is 10.5 Å². The molecule has 2 aliphatic carbocycles. The van der Waals surface area contributed by atoms with Crippen molar-refractivity contribution in [1.29, 1.82) is 0 Å². The second-order valence-corrected chi connectivity index (χ2v) is 19.4. The molecule has 15 nitrogen and oxygen atoms in total. The third kappa shape index (κ3) is 8.59. The Labute approximate surface area is 362 Å². The van der Waals surface area contributed by atoms with Crippen molar-refractivity contribution in [3.63, 3.8) is 0 Å². The topological polar surface area (TPSA) is 202 Å². The number of anilines is 2. The number of H-pyrrole nitrogens is 1. The Bertz CT molecular complexity index is 2560. The van der Waals surface area contributed by atoms with E-state index in [1.165, 1.54) is 43.0 Å². The first kappa shape index (κ1) is 41.8. The summed E-state index contributed by atoms with van der Waals surface area (Å²) < 4.78 is 35.8. The number of nitro groups is 1. The van der Waals surface area contributed by atoms with E-state index in [9.17, 15) is 23.3 Å². The number of nitrogens with two attached hydrogens (primary N) is 1. The molecule has 2 saturated heterocycles. The number of hydrogen-bond acceptors (Lipinski definition) is 12. The van der Waals surface area contributed by atoms with Gasteiger partial charge >= 0.3 is 5.69 Å². The van der Waals surface area contributed by atoms with Gasteiger partial charge in [-0.15, -0.1) is 0 Å². The number of hydrogen-bond donors (Lipinski definition) is 4. The smallest absolute Gasteiger partial charge is 0.312 e. The molecule has 4 fully saturated rings. The molecule has 4 aliphatic rings. The number of benzene rings is 2. The zero-order chi connectivity index (χ0) is 43.0. The minimum Gasteiger partial charge on any atom is -0.455 e. The van der Waals surface area contributed by atoms with Crippen molar-refractivity contribution in [3.8, 4) is 11.5 Å². The summed E-state index contributed by atoms with van der Waals surface area (Å²) in [5.74, 6) is -0.209. The quantitative estimate of drug-likeness (QED) is 0.0661. The van der Waals surface area contributed by atoms with E-state index < -0.39 is 31.4 Å². The Morgan fingerprint density at radius 3 is 2.56 bits per heavy atom. The van der Waals surface area contributed by atoms with Crippen LogP contribution in [0.2, 0.25) is 0 Å². The van der Waals surface area contributed by atoms with Gasteiger partial charge in [0, 0.05) is 67.2 Å². The van der Waals surface area contributed by atoms with E-state index in [0.717, 1.165) is 87.9 Å². The average molecular weight is 862 g/mol. The number of piperidine rings is 1. The van der Waals surface area contributed by atoms with Crippen LogP contribution in [-0.2, 0) is 16.4 Å². The van der Waals surface area contributed by atoms with E-state index >= 15 is 0 Å². The van der Waals surface area contributed by atoms with Crippen molar-refractivity contribution in [2.45, 2.75) is 101 Å². The molecule has 2 aliphatic heterocycles. The SMILES string of the molecule is CCc1ccccc1[C@@H]1CCCN1C1CC2(CCN(c3ccc(C(=O)NS(=O)(=O)c4cnc(NCC5CCC(N)CC5)c([N+](=O)[O-])c4)c(Oc4cnc5[nH]ccc5c4)c3)CC2)C1. The maximum absolute atomic E-state index is 13.9. The number of aromatic nitrogens is 3. The Morgan fingerprint density at radius 2 is 1.79 bits per heavy atom. The summed E-state index contributed by atoms with van der Waals surface area (Å²) in [6, 6.07) is 19.9. The minimum absolute atomic E-state index is 0.0282. The highest BCUT2D eigenvalue weighted by Crippen LogP contribution is 2.54. The standard InChI is InChI=1S/C46H55N9O6S/c1-2-31-6-3-4-7-38(31)40-8-5-19-54(40)35-25-46(26-35)16-20-53(21-17-46)34-13-14-39(42(23-34)61-36-22-32-15-18-48-43(32)50-28-36)45(56)52-62(59,60)37-24-41(55(57)58)44(51-29-37)49-27-30-9-11-33(47)12-10-30/h3-4,6-7,13-15,18,22-24,28-30,33,35,40H,2,5,8-12,16-17,19-21,25-27,47H2,1H3,(H,48,50)(H,49,51)(H,52,56)/t30?,33?,40-/m0/s1. The summed E-state index contributed by atoms with van der Waals surface area (Å²) in [5.41, 5.74) is 10.3. The maximum atomic E-state index is 13.9. The van der Waals surface area contributed by atoms with Crippen LogP contribution >= 0.6 is 0 Å². The molecule has 0 bridgehead atoms. The number of rotatable bonds is 13. The highest BCUT2D eigenvalue weighted by atomic mass is 32.2. The number of ether oxygens (including phenoxy) is 1. The molecule has 2 saturated carbocycles. The maximum Gasteiger partial charge on any atom is 0.312 e. The molecule has 16 heteroatoms. The highest BCUT2D eigenvalue weighted by Gasteiger charge is 2.50. The van der Waals surface area contributed by atoms with Crippen LogP contribution in [0.15, 0.2) is 84.1 Å². The summed E-state index contributed by atoms with van der Waals surface area (Å²) in [6.45, 7) is 5.54. The Morgan fingerprint density at radius 1 is 1.00 bits per heavy atom. The van der Waals surface area contributed by atoms with E-state index in [-0.39, 0.29) is 29.1 Å². The van der Waals surface area contributed by atoms with E-state index in [1.807, 2.05) is 12.1 Å². The molecule has 326 valence electrons. The third-order valence-electron chi connectivity index (χ3n) is 13.9. The first-order valence-corrected chi connectivity index (χ1v) is 23.5. The molecule has 1 atom stereocenters. The van der Waals surface area contributed by atoms with Gasteiger partial charge in [-0.2, -0.15) is 0 Å². The van der Waals surface area contributed by atoms with Crippen LogP contribution in [0, 0.1) is 21.4 Å². The molecule has 2 aromatic carbocycles. The Hall–Kier alpha value is -5.58. The fraction of sp³-hybridized carbons (Fsp3) is 0.457. The van der Waals surface area contributed by atoms with Gasteiger partial charge < -0.3 is 25.7 Å². The van der Waals surface area contributed by atoms with E-state index in [2.05, 4.69) is 66.0 Å². The van der Waals surface area contributed by atoms with Crippen LogP contribution in [0.3, 0.4) is 0 Å². The van der Waals surface area contributed by atoms with Crippen molar-refractivity contribution in [2.24, 2.45) is 17.1 Å². The van der Waals surface area contributed by atoms with Crippen molar-refractivity contribution < 1.29 is 22.9 Å². The second-order valence-electron chi connectivity index (χ2n) is 17.8. The number of aromatic amines is 1. The lowest BCUT2D eigenvalue weighted by Crippen LogP contribution is -2.54. The fourth-order valence-corrected chi connectivity index (χ4v) is 11.3. The number of likely N-dealkylation sites (tertiary alicyclic amines) is 1. The number of nitrogens with one attached hydrogen (secondary N) is 3. The number of aryl methyl sites for hydroxylation is 1. The second kappa shape index (κ2) is 17.3. The number of pyridine rings is 2. The Kier molecular flexibility index (Phi) is 11.6. The summed E-state index contributed by atoms with van der Waals surface area (Å²) in [4.78, 5) is 41.5.